The van der Waals surface area contributed by atoms with Gasteiger partial charge in [0.1, 0.15) is 5.82 Å². The van der Waals surface area contributed by atoms with E-state index in [1.807, 2.05) is 4.90 Å². The lowest BCUT2D eigenvalue weighted by molar-refractivity contribution is 0.0995. The Morgan fingerprint density at radius 2 is 1.86 bits per heavy atom. The van der Waals surface area contributed by atoms with Crippen molar-refractivity contribution in [2.75, 3.05) is 41.8 Å². The van der Waals surface area contributed by atoms with Crippen molar-refractivity contribution >= 4 is 39.5 Å². The van der Waals surface area contributed by atoms with Crippen LogP contribution in [0.1, 0.15) is 20.2 Å². The molecule has 3 aromatic rings. The predicted octanol–water partition coefficient (Wildman–Crippen LogP) is 3.82. The number of amides is 2. The number of thiophene rings is 1. The van der Waals surface area contributed by atoms with Gasteiger partial charge in [-0.3, -0.25) is 9.59 Å². The number of nitrogens with one attached hydrogen (secondary N) is 2. The van der Waals surface area contributed by atoms with Crippen LogP contribution in [-0.4, -0.2) is 38.1 Å². The Kier molecular flexibility index (Phi) is 5.59. The zero-order valence-electron chi connectivity index (χ0n) is 15.3. The van der Waals surface area contributed by atoms with Crippen LogP contribution in [-0.2, 0) is 4.74 Å². The van der Waals surface area contributed by atoms with Gasteiger partial charge in [0.2, 0.25) is 0 Å². The number of furan rings is 1. The third-order valence-electron chi connectivity index (χ3n) is 4.37. The van der Waals surface area contributed by atoms with Gasteiger partial charge in [-0.1, -0.05) is 0 Å². The zero-order chi connectivity index (χ0) is 20.2. The van der Waals surface area contributed by atoms with Gasteiger partial charge in [0.15, 0.2) is 5.76 Å². The number of hydrogen-bond donors (Lipinski definition) is 2. The highest BCUT2D eigenvalue weighted by molar-refractivity contribution is 7.18. The maximum atomic E-state index is 14.5. The minimum absolute atomic E-state index is 0.181. The Bertz CT molecular complexity index is 1010. The molecule has 0 aliphatic carbocycles. The van der Waals surface area contributed by atoms with Crippen LogP contribution in [0, 0.1) is 5.82 Å². The molecule has 0 atom stereocenters. The number of benzene rings is 1. The van der Waals surface area contributed by atoms with E-state index in [0.717, 1.165) is 11.3 Å². The number of nitrogens with zero attached hydrogens (tertiary/aromatic N) is 1. The predicted molar refractivity (Wildman–Crippen MR) is 108 cm³/mol. The molecule has 3 heterocycles. The largest absolute Gasteiger partial charge is 0.459 e. The van der Waals surface area contributed by atoms with Crippen LogP contribution in [0.15, 0.2) is 53.1 Å². The first kappa shape index (κ1) is 19.2. The van der Waals surface area contributed by atoms with Crippen molar-refractivity contribution in [3.63, 3.8) is 0 Å². The molecule has 1 fully saturated rings. The molecule has 1 aromatic carbocycles. The summed E-state index contributed by atoms with van der Waals surface area (Å²) in [7, 11) is 0. The van der Waals surface area contributed by atoms with Gasteiger partial charge in [-0.25, -0.2) is 4.39 Å². The number of ether oxygens (including phenoxy) is 1. The molecule has 1 aliphatic heterocycles. The minimum atomic E-state index is -0.401. The number of hydrogen-bond acceptors (Lipinski definition) is 6. The molecule has 29 heavy (non-hydrogen) atoms. The van der Waals surface area contributed by atoms with E-state index in [1.165, 1.54) is 12.3 Å². The van der Waals surface area contributed by atoms with Crippen molar-refractivity contribution in [3.05, 3.63) is 65.2 Å². The van der Waals surface area contributed by atoms with Gasteiger partial charge in [0, 0.05) is 18.8 Å². The number of anilines is 3. The maximum absolute atomic E-state index is 14.5. The number of halogens is 1. The highest BCUT2D eigenvalue weighted by Crippen LogP contribution is 2.26. The first-order valence-corrected chi connectivity index (χ1v) is 9.80. The van der Waals surface area contributed by atoms with Gasteiger partial charge >= 0.3 is 0 Å². The molecule has 4 rings (SSSR count). The molecule has 0 saturated carbocycles. The second kappa shape index (κ2) is 8.46. The normalized spacial score (nSPS) is 13.9. The summed E-state index contributed by atoms with van der Waals surface area (Å²) in [6, 6.07) is 11.0. The number of carbonyl (C=O) groups is 2. The fourth-order valence-corrected chi connectivity index (χ4v) is 3.74. The Morgan fingerprint density at radius 1 is 1.03 bits per heavy atom. The third kappa shape index (κ3) is 4.47. The van der Waals surface area contributed by atoms with Crippen molar-refractivity contribution in [1.29, 1.82) is 0 Å². The van der Waals surface area contributed by atoms with Crippen molar-refractivity contribution in [2.45, 2.75) is 0 Å². The Hall–Kier alpha value is -3.17. The molecular weight excluding hydrogens is 397 g/mol. The highest BCUT2D eigenvalue weighted by Gasteiger charge is 2.17. The average Bonchev–Trinajstić information content (AvgIpc) is 3.41. The fraction of sp³-hybridized carbons (Fsp3) is 0.200. The molecule has 2 aromatic heterocycles. The van der Waals surface area contributed by atoms with Crippen LogP contribution in [0.4, 0.5) is 20.8 Å². The maximum Gasteiger partial charge on any atom is 0.291 e. The molecule has 0 unspecified atom stereocenters. The SMILES string of the molecule is O=C(Nc1ccc(C(=O)Nc2ccc(N3CCOCC3)c(F)c2)s1)c1ccco1. The first-order valence-electron chi connectivity index (χ1n) is 8.98. The molecule has 7 nitrogen and oxygen atoms in total. The number of morpholine rings is 1. The lowest BCUT2D eigenvalue weighted by Gasteiger charge is -2.29. The number of carbonyl (C=O) groups excluding carboxylic acids is 2. The second-order valence-electron chi connectivity index (χ2n) is 6.32. The van der Waals surface area contributed by atoms with Crippen molar-refractivity contribution in [1.82, 2.24) is 0 Å². The molecule has 2 amide bonds. The van der Waals surface area contributed by atoms with E-state index in [0.29, 0.717) is 47.6 Å². The van der Waals surface area contributed by atoms with Crippen molar-refractivity contribution in [3.8, 4) is 0 Å². The molecule has 1 saturated heterocycles. The van der Waals surface area contributed by atoms with E-state index < -0.39 is 11.7 Å². The Balaban J connectivity index is 1.40. The smallest absolute Gasteiger partial charge is 0.291 e. The second-order valence-corrected chi connectivity index (χ2v) is 7.40. The first-order chi connectivity index (χ1) is 14.1. The van der Waals surface area contributed by atoms with E-state index in [4.69, 9.17) is 9.15 Å². The van der Waals surface area contributed by atoms with Gasteiger partial charge in [0.25, 0.3) is 11.8 Å². The standard InChI is InChI=1S/C20H18FN3O4S/c21-14-12-13(3-4-15(14)24-7-10-27-11-8-24)22-20(26)17-5-6-18(29-17)23-19(25)16-2-1-9-28-16/h1-6,9,12H,7-8,10-11H2,(H,22,26)(H,23,25). The van der Waals surface area contributed by atoms with Gasteiger partial charge < -0.3 is 24.7 Å². The van der Waals surface area contributed by atoms with Gasteiger partial charge in [-0.15, -0.1) is 11.3 Å². The van der Waals surface area contributed by atoms with Crippen LogP contribution in [0.2, 0.25) is 0 Å². The van der Waals surface area contributed by atoms with Crippen LogP contribution in [0.3, 0.4) is 0 Å². The average molecular weight is 415 g/mol. The molecule has 0 bridgehead atoms. The van der Waals surface area contributed by atoms with E-state index >= 15 is 0 Å². The molecule has 9 heteroatoms. The summed E-state index contributed by atoms with van der Waals surface area (Å²) in [5.74, 6) is -1.00. The topological polar surface area (TPSA) is 83.8 Å². The van der Waals surface area contributed by atoms with E-state index in [1.54, 1.807) is 36.4 Å². The van der Waals surface area contributed by atoms with Gasteiger partial charge in [0.05, 0.1) is 35.0 Å². The van der Waals surface area contributed by atoms with Crippen LogP contribution in [0.25, 0.3) is 0 Å². The Labute approximate surface area is 170 Å². The summed E-state index contributed by atoms with van der Waals surface area (Å²) >= 11 is 1.11. The van der Waals surface area contributed by atoms with Gasteiger partial charge in [-0.05, 0) is 42.5 Å². The molecular formula is C20H18FN3O4S. The van der Waals surface area contributed by atoms with Crippen molar-refractivity contribution < 1.29 is 23.1 Å². The number of rotatable bonds is 5. The fourth-order valence-electron chi connectivity index (χ4n) is 2.95. The summed E-state index contributed by atoms with van der Waals surface area (Å²) in [6.07, 6.45) is 1.41. The lowest BCUT2D eigenvalue weighted by atomic mass is 10.2. The van der Waals surface area contributed by atoms with Crippen LogP contribution >= 0.6 is 11.3 Å². The monoisotopic (exact) mass is 415 g/mol. The molecule has 150 valence electrons. The van der Waals surface area contributed by atoms with Gasteiger partial charge in [-0.2, -0.15) is 0 Å². The minimum Gasteiger partial charge on any atom is -0.459 e. The van der Waals surface area contributed by atoms with E-state index in [2.05, 4.69) is 10.6 Å². The third-order valence-corrected chi connectivity index (χ3v) is 5.37. The lowest BCUT2D eigenvalue weighted by Crippen LogP contribution is -2.36. The highest BCUT2D eigenvalue weighted by atomic mass is 32.1. The van der Waals surface area contributed by atoms with Crippen LogP contribution in [0.5, 0.6) is 0 Å². The Morgan fingerprint density at radius 3 is 2.59 bits per heavy atom. The van der Waals surface area contributed by atoms with Crippen molar-refractivity contribution in [2.24, 2.45) is 0 Å². The molecule has 0 radical (unpaired) electrons. The summed E-state index contributed by atoms with van der Waals surface area (Å²) in [4.78, 5) is 26.8. The quantitative estimate of drug-likeness (QED) is 0.662. The van der Waals surface area contributed by atoms with Crippen LogP contribution < -0.4 is 15.5 Å². The van der Waals surface area contributed by atoms with E-state index in [-0.39, 0.29) is 11.7 Å². The molecule has 0 spiro atoms. The summed E-state index contributed by atoms with van der Waals surface area (Å²) < 4.78 is 24.8. The summed E-state index contributed by atoms with van der Waals surface area (Å²) in [5.41, 5.74) is 0.851. The zero-order valence-corrected chi connectivity index (χ0v) is 16.1. The summed E-state index contributed by atoms with van der Waals surface area (Å²) in [6.45, 7) is 2.39. The van der Waals surface area contributed by atoms with E-state index in [9.17, 15) is 14.0 Å². The molecule has 2 N–H and O–H groups in total. The summed E-state index contributed by atoms with van der Waals surface area (Å²) in [5, 5.41) is 5.85. The molecule has 1 aliphatic rings.